The highest BCUT2D eigenvalue weighted by Crippen LogP contribution is 2.16. The maximum Gasteiger partial charge on any atom is 0.220 e. The van der Waals surface area contributed by atoms with Crippen LogP contribution in [0.3, 0.4) is 0 Å². The Bertz CT molecular complexity index is 985. The largest absolute Gasteiger partial charge is 0.394 e. The van der Waals surface area contributed by atoms with Gasteiger partial charge in [0.25, 0.3) is 0 Å². The number of unbranched alkanes of at least 4 members (excludes halogenated alkanes) is 38. The second-order valence-electron chi connectivity index (χ2n) is 19.0. The second kappa shape index (κ2) is 53.7. The number of aliphatic hydroxyl groups is 2. The lowest BCUT2D eigenvalue weighted by Crippen LogP contribution is -2.45. The third-order valence-corrected chi connectivity index (χ3v) is 12.8. The van der Waals surface area contributed by atoms with Crippen molar-refractivity contribution in [3.63, 3.8) is 0 Å². The van der Waals surface area contributed by atoms with Gasteiger partial charge in [0.2, 0.25) is 5.91 Å². The molecule has 0 bridgehead atoms. The molecule has 0 aromatic rings. The number of carbonyl (C=O) groups excluding carboxylic acids is 1. The van der Waals surface area contributed by atoms with Gasteiger partial charge in [-0.1, -0.05) is 274 Å². The quantitative estimate of drug-likeness (QED) is 0.0421. The molecule has 0 aliphatic heterocycles. The second-order valence-corrected chi connectivity index (χ2v) is 19.0. The molecular weight excluding hydrogens is 759 g/mol. The standard InChI is InChI=1S/C58H109NO3/c1-3-5-7-9-11-13-15-17-19-21-23-24-25-26-27-28-29-30-31-32-33-34-36-38-40-42-44-46-48-50-52-54-58(62)59-56(55-60)57(61)53-51-49-47-45-43-41-39-37-35-22-20-18-16-14-12-10-8-6-4-2/h23-24,26-27,43,45,51,53,56-57,60-61H,3-22,25,28-42,44,46-50,52,54-55H2,1-2H3,(H,59,62)/b24-23-,27-26-,45-43+,53-51+. The molecule has 0 saturated heterocycles. The van der Waals surface area contributed by atoms with E-state index in [2.05, 4.69) is 55.6 Å². The molecule has 0 saturated carbocycles. The van der Waals surface area contributed by atoms with Crippen molar-refractivity contribution in [2.45, 2.75) is 309 Å². The van der Waals surface area contributed by atoms with Crippen LogP contribution in [0, 0.1) is 0 Å². The first-order valence-corrected chi connectivity index (χ1v) is 27.9. The van der Waals surface area contributed by atoms with Gasteiger partial charge in [0, 0.05) is 6.42 Å². The SMILES string of the molecule is CCCCCCCCCCC/C=C\C/C=C\CCCCCCCCCCCCCCCCCC(=O)NC(CO)C(O)/C=C/CC/C=C/CCCCCCCCCCCCCCC. The van der Waals surface area contributed by atoms with Crippen molar-refractivity contribution < 1.29 is 15.0 Å². The van der Waals surface area contributed by atoms with Gasteiger partial charge in [0.15, 0.2) is 0 Å². The molecule has 62 heavy (non-hydrogen) atoms. The Morgan fingerprint density at radius 3 is 1.03 bits per heavy atom. The highest BCUT2D eigenvalue weighted by atomic mass is 16.3. The van der Waals surface area contributed by atoms with Gasteiger partial charge in [-0.15, -0.1) is 0 Å². The van der Waals surface area contributed by atoms with Crippen molar-refractivity contribution >= 4 is 5.91 Å². The van der Waals surface area contributed by atoms with E-state index in [9.17, 15) is 15.0 Å². The molecule has 2 atom stereocenters. The molecule has 0 fully saturated rings. The Hall–Kier alpha value is -1.65. The van der Waals surface area contributed by atoms with Gasteiger partial charge in [0.05, 0.1) is 18.8 Å². The van der Waals surface area contributed by atoms with E-state index in [4.69, 9.17) is 0 Å². The molecule has 0 spiro atoms. The van der Waals surface area contributed by atoms with Crippen LogP contribution in [0.2, 0.25) is 0 Å². The van der Waals surface area contributed by atoms with Crippen LogP contribution in [0.4, 0.5) is 0 Å². The molecule has 0 aliphatic rings. The lowest BCUT2D eigenvalue weighted by molar-refractivity contribution is -0.123. The van der Waals surface area contributed by atoms with Crippen LogP contribution < -0.4 is 5.32 Å². The highest BCUT2D eigenvalue weighted by Gasteiger charge is 2.18. The first kappa shape index (κ1) is 60.4. The number of carbonyl (C=O) groups is 1. The van der Waals surface area contributed by atoms with Gasteiger partial charge in [-0.25, -0.2) is 0 Å². The fourth-order valence-electron chi connectivity index (χ4n) is 8.52. The fraction of sp³-hybridized carbons (Fsp3) is 0.845. The average molecular weight is 869 g/mol. The fourth-order valence-corrected chi connectivity index (χ4v) is 8.52. The minimum absolute atomic E-state index is 0.0713. The minimum atomic E-state index is -0.863. The Labute approximate surface area is 388 Å². The maximum atomic E-state index is 12.5. The molecule has 3 N–H and O–H groups in total. The van der Waals surface area contributed by atoms with E-state index in [1.807, 2.05) is 6.08 Å². The third-order valence-electron chi connectivity index (χ3n) is 12.8. The summed E-state index contributed by atoms with van der Waals surface area (Å²) < 4.78 is 0. The number of aliphatic hydroxyl groups excluding tert-OH is 2. The average Bonchev–Trinajstić information content (AvgIpc) is 3.28. The van der Waals surface area contributed by atoms with Crippen molar-refractivity contribution in [3.8, 4) is 0 Å². The van der Waals surface area contributed by atoms with E-state index in [-0.39, 0.29) is 12.5 Å². The normalized spacial score (nSPS) is 13.2. The topological polar surface area (TPSA) is 69.6 Å². The van der Waals surface area contributed by atoms with E-state index in [1.165, 1.54) is 238 Å². The molecule has 0 heterocycles. The van der Waals surface area contributed by atoms with Gasteiger partial charge in [-0.3, -0.25) is 4.79 Å². The molecule has 0 radical (unpaired) electrons. The van der Waals surface area contributed by atoms with Crippen LogP contribution in [0.1, 0.15) is 296 Å². The first-order valence-electron chi connectivity index (χ1n) is 27.9. The predicted octanol–water partition coefficient (Wildman–Crippen LogP) is 18.3. The number of nitrogens with one attached hydrogen (secondary N) is 1. The summed E-state index contributed by atoms with van der Waals surface area (Å²) in [6, 6.07) is -0.640. The van der Waals surface area contributed by atoms with Gasteiger partial charge in [0.1, 0.15) is 0 Å². The summed E-state index contributed by atoms with van der Waals surface area (Å²) in [5, 5.41) is 23.1. The van der Waals surface area contributed by atoms with Crippen LogP contribution in [0.5, 0.6) is 0 Å². The number of hydrogen-bond acceptors (Lipinski definition) is 3. The summed E-state index contributed by atoms with van der Waals surface area (Å²) in [5.41, 5.74) is 0. The molecule has 1 amide bonds. The monoisotopic (exact) mass is 868 g/mol. The van der Waals surface area contributed by atoms with E-state index in [0.29, 0.717) is 6.42 Å². The summed E-state index contributed by atoms with van der Waals surface area (Å²) in [4.78, 5) is 12.5. The van der Waals surface area contributed by atoms with Crippen molar-refractivity contribution in [3.05, 3.63) is 48.6 Å². The van der Waals surface area contributed by atoms with E-state index < -0.39 is 12.1 Å². The molecule has 0 aromatic heterocycles. The molecule has 4 heteroatoms. The molecule has 0 rings (SSSR count). The molecule has 364 valence electrons. The van der Waals surface area contributed by atoms with Crippen LogP contribution in [0.15, 0.2) is 48.6 Å². The minimum Gasteiger partial charge on any atom is -0.394 e. The lowest BCUT2D eigenvalue weighted by Gasteiger charge is -2.19. The summed E-state index contributed by atoms with van der Waals surface area (Å²) >= 11 is 0. The Morgan fingerprint density at radius 2 is 0.677 bits per heavy atom. The van der Waals surface area contributed by atoms with E-state index in [1.54, 1.807) is 6.08 Å². The number of rotatable bonds is 51. The van der Waals surface area contributed by atoms with Crippen molar-refractivity contribution in [2.75, 3.05) is 6.61 Å². The van der Waals surface area contributed by atoms with Crippen molar-refractivity contribution in [1.82, 2.24) is 5.32 Å². The third kappa shape index (κ3) is 49.4. The zero-order valence-corrected chi connectivity index (χ0v) is 41.9. The van der Waals surface area contributed by atoms with Gasteiger partial charge >= 0.3 is 0 Å². The molecule has 2 unspecified atom stereocenters. The van der Waals surface area contributed by atoms with Gasteiger partial charge in [-0.05, 0) is 64.2 Å². The lowest BCUT2D eigenvalue weighted by atomic mass is 10.0. The van der Waals surface area contributed by atoms with Crippen molar-refractivity contribution in [1.29, 1.82) is 0 Å². The van der Waals surface area contributed by atoms with Crippen LogP contribution >= 0.6 is 0 Å². The zero-order valence-electron chi connectivity index (χ0n) is 41.9. The highest BCUT2D eigenvalue weighted by molar-refractivity contribution is 5.76. The molecule has 0 aliphatic carbocycles. The molecular formula is C58H109NO3. The van der Waals surface area contributed by atoms with Crippen LogP contribution in [0.25, 0.3) is 0 Å². The molecule has 4 nitrogen and oxygen atoms in total. The summed E-state index contributed by atoms with van der Waals surface area (Å²) in [6.07, 6.45) is 74.1. The van der Waals surface area contributed by atoms with Gasteiger partial charge < -0.3 is 15.5 Å². The smallest absolute Gasteiger partial charge is 0.220 e. The molecule has 0 aromatic carbocycles. The van der Waals surface area contributed by atoms with E-state index >= 15 is 0 Å². The maximum absolute atomic E-state index is 12.5. The van der Waals surface area contributed by atoms with Crippen molar-refractivity contribution in [2.24, 2.45) is 0 Å². The van der Waals surface area contributed by atoms with E-state index in [0.717, 1.165) is 38.5 Å². The Kier molecular flexibility index (Phi) is 52.3. The first-order chi connectivity index (χ1) is 30.7. The number of amides is 1. The zero-order chi connectivity index (χ0) is 44.9. The Morgan fingerprint density at radius 1 is 0.387 bits per heavy atom. The summed E-state index contributed by atoms with van der Waals surface area (Å²) in [6.45, 7) is 4.32. The van der Waals surface area contributed by atoms with Gasteiger partial charge in [-0.2, -0.15) is 0 Å². The summed E-state index contributed by atoms with van der Waals surface area (Å²) in [7, 11) is 0. The Balaban J connectivity index is 3.51. The number of allylic oxidation sites excluding steroid dienone is 7. The van der Waals surface area contributed by atoms with Crippen LogP contribution in [-0.4, -0.2) is 34.9 Å². The predicted molar refractivity (Wildman–Crippen MR) is 276 cm³/mol. The summed E-state index contributed by atoms with van der Waals surface area (Å²) in [5.74, 6) is -0.0713. The van der Waals surface area contributed by atoms with Crippen LogP contribution in [-0.2, 0) is 4.79 Å². The number of hydrogen-bond donors (Lipinski definition) is 3.